The molecule has 0 aromatic carbocycles. The molecule has 120 valence electrons. The van der Waals surface area contributed by atoms with Gasteiger partial charge in [-0.25, -0.2) is 9.97 Å². The number of likely N-dealkylation sites (tertiary alicyclic amines) is 1. The molecule has 0 N–H and O–H groups in total. The summed E-state index contributed by atoms with van der Waals surface area (Å²) in [6.07, 6.45) is 3.79. The Labute approximate surface area is 136 Å². The van der Waals surface area contributed by atoms with Crippen LogP contribution in [0.2, 0.25) is 0 Å². The van der Waals surface area contributed by atoms with Crippen LogP contribution in [-0.2, 0) is 0 Å². The first-order chi connectivity index (χ1) is 11.2. The number of carbonyl (C=O) groups excluding carboxylic acids is 1. The topological polar surface area (TPSA) is 55.3 Å². The number of rotatable bonds is 3. The summed E-state index contributed by atoms with van der Waals surface area (Å²) in [5.74, 6) is 1.20. The Morgan fingerprint density at radius 2 is 2.00 bits per heavy atom. The van der Waals surface area contributed by atoms with Crippen LogP contribution in [0.1, 0.15) is 30.3 Å². The maximum atomic E-state index is 12.7. The Morgan fingerprint density at radius 3 is 2.74 bits per heavy atom. The molecule has 1 amide bonds. The van der Waals surface area contributed by atoms with Crippen LogP contribution in [0.15, 0.2) is 36.5 Å². The van der Waals surface area contributed by atoms with Gasteiger partial charge in [-0.3, -0.25) is 4.79 Å². The quantitative estimate of drug-likeness (QED) is 0.874. The van der Waals surface area contributed by atoms with E-state index in [2.05, 4.69) is 16.9 Å². The van der Waals surface area contributed by atoms with Crippen LogP contribution in [-0.4, -0.2) is 41.0 Å². The molecule has 5 heteroatoms. The van der Waals surface area contributed by atoms with E-state index in [9.17, 15) is 4.79 Å². The van der Waals surface area contributed by atoms with E-state index >= 15 is 0 Å². The summed E-state index contributed by atoms with van der Waals surface area (Å²) in [6, 6.07) is 9.22. The van der Waals surface area contributed by atoms with Crippen molar-refractivity contribution in [3.63, 3.8) is 0 Å². The van der Waals surface area contributed by atoms with E-state index in [0.29, 0.717) is 23.2 Å². The molecule has 1 aliphatic rings. The number of hydrogen-bond acceptors (Lipinski definition) is 4. The summed E-state index contributed by atoms with van der Waals surface area (Å²) >= 11 is 0. The fraction of sp³-hybridized carbons (Fsp3) is 0.389. The molecule has 2 aromatic heterocycles. The molecule has 0 bridgehead atoms. The summed E-state index contributed by atoms with van der Waals surface area (Å²) in [6.45, 7) is 3.85. The van der Waals surface area contributed by atoms with E-state index in [1.54, 1.807) is 19.4 Å². The van der Waals surface area contributed by atoms with Crippen molar-refractivity contribution >= 4 is 5.91 Å². The maximum Gasteiger partial charge on any atom is 0.272 e. The molecule has 2 aromatic rings. The summed E-state index contributed by atoms with van der Waals surface area (Å²) < 4.78 is 5.28. The average Bonchev–Trinajstić information content (AvgIpc) is 2.62. The lowest BCUT2D eigenvalue weighted by Gasteiger charge is -2.30. The number of carbonyl (C=O) groups is 1. The molecule has 3 heterocycles. The molecule has 0 radical (unpaired) electrons. The Bertz CT molecular complexity index is 694. The molecule has 0 saturated carbocycles. The van der Waals surface area contributed by atoms with Gasteiger partial charge in [-0.1, -0.05) is 13.0 Å². The van der Waals surface area contributed by atoms with Crippen molar-refractivity contribution in [3.8, 4) is 17.1 Å². The second-order valence-electron chi connectivity index (χ2n) is 5.94. The van der Waals surface area contributed by atoms with E-state index < -0.39 is 0 Å². The van der Waals surface area contributed by atoms with Crippen LogP contribution < -0.4 is 4.74 Å². The minimum absolute atomic E-state index is 0.00149. The number of pyridine rings is 2. The van der Waals surface area contributed by atoms with Crippen molar-refractivity contribution in [1.29, 1.82) is 0 Å². The van der Waals surface area contributed by atoms with Crippen molar-refractivity contribution in [2.75, 3.05) is 20.2 Å². The fourth-order valence-corrected chi connectivity index (χ4v) is 2.83. The van der Waals surface area contributed by atoms with E-state index in [0.717, 1.165) is 31.5 Å². The molecule has 0 unspecified atom stereocenters. The number of nitrogens with zero attached hydrogens (tertiary/aromatic N) is 3. The minimum atomic E-state index is 0.00149. The summed E-state index contributed by atoms with van der Waals surface area (Å²) in [4.78, 5) is 23.3. The Hall–Kier alpha value is -2.43. The van der Waals surface area contributed by atoms with Gasteiger partial charge < -0.3 is 9.64 Å². The molecule has 0 atom stereocenters. The zero-order chi connectivity index (χ0) is 16.2. The first kappa shape index (κ1) is 15.5. The van der Waals surface area contributed by atoms with Crippen molar-refractivity contribution in [2.45, 2.75) is 19.8 Å². The molecule has 0 aliphatic carbocycles. The van der Waals surface area contributed by atoms with Gasteiger partial charge in [-0.2, -0.15) is 0 Å². The monoisotopic (exact) mass is 311 g/mol. The van der Waals surface area contributed by atoms with E-state index in [1.165, 1.54) is 0 Å². The molecule has 3 rings (SSSR count). The molecule has 0 spiro atoms. The van der Waals surface area contributed by atoms with Gasteiger partial charge in [0, 0.05) is 19.3 Å². The lowest BCUT2D eigenvalue weighted by Crippen LogP contribution is -2.38. The third-order valence-corrected chi connectivity index (χ3v) is 4.28. The minimum Gasteiger partial charge on any atom is -0.481 e. The van der Waals surface area contributed by atoms with E-state index in [1.807, 2.05) is 29.2 Å². The summed E-state index contributed by atoms with van der Waals surface area (Å²) in [7, 11) is 1.58. The van der Waals surface area contributed by atoms with Gasteiger partial charge in [0.1, 0.15) is 5.69 Å². The highest BCUT2D eigenvalue weighted by molar-refractivity contribution is 5.93. The molecular weight excluding hydrogens is 290 g/mol. The van der Waals surface area contributed by atoms with Crippen molar-refractivity contribution < 1.29 is 9.53 Å². The van der Waals surface area contributed by atoms with E-state index in [4.69, 9.17) is 4.74 Å². The number of aromatic nitrogens is 2. The Kier molecular flexibility index (Phi) is 4.55. The lowest BCUT2D eigenvalue weighted by molar-refractivity contribution is 0.0691. The highest BCUT2D eigenvalue weighted by Gasteiger charge is 2.22. The smallest absolute Gasteiger partial charge is 0.272 e. The van der Waals surface area contributed by atoms with Gasteiger partial charge in [0.05, 0.1) is 18.4 Å². The van der Waals surface area contributed by atoms with Gasteiger partial charge in [0.15, 0.2) is 0 Å². The van der Waals surface area contributed by atoms with Crippen LogP contribution in [0.4, 0.5) is 0 Å². The second kappa shape index (κ2) is 6.77. The van der Waals surface area contributed by atoms with Gasteiger partial charge in [-0.15, -0.1) is 0 Å². The molecule has 1 fully saturated rings. The highest BCUT2D eigenvalue weighted by Crippen LogP contribution is 2.26. The van der Waals surface area contributed by atoms with Crippen molar-refractivity contribution in [1.82, 2.24) is 14.9 Å². The van der Waals surface area contributed by atoms with Crippen molar-refractivity contribution in [3.05, 3.63) is 42.2 Å². The van der Waals surface area contributed by atoms with Crippen LogP contribution in [0.25, 0.3) is 11.3 Å². The Balaban J connectivity index is 1.86. The maximum absolute atomic E-state index is 12.7. The normalized spacial score (nSPS) is 15.5. The number of piperidine rings is 1. The van der Waals surface area contributed by atoms with Crippen LogP contribution in [0.3, 0.4) is 0 Å². The predicted octanol–water partition coefficient (Wildman–Crippen LogP) is 3.02. The standard InChI is InChI=1S/C18H21N3O2/c1-13-8-11-21(12-9-13)18(22)16-7-3-6-15(20-16)14-5-4-10-19-17(14)23-2/h3-7,10,13H,8-9,11-12H2,1-2H3. The summed E-state index contributed by atoms with van der Waals surface area (Å²) in [5.41, 5.74) is 1.96. The molecule has 1 aliphatic heterocycles. The van der Waals surface area contributed by atoms with Crippen LogP contribution >= 0.6 is 0 Å². The third-order valence-electron chi connectivity index (χ3n) is 4.28. The van der Waals surface area contributed by atoms with Crippen LogP contribution in [0, 0.1) is 5.92 Å². The zero-order valence-corrected chi connectivity index (χ0v) is 13.5. The highest BCUT2D eigenvalue weighted by atomic mass is 16.5. The number of amides is 1. The SMILES string of the molecule is COc1ncccc1-c1cccc(C(=O)N2CCC(C)CC2)n1. The summed E-state index contributed by atoms with van der Waals surface area (Å²) in [5, 5.41) is 0. The first-order valence-corrected chi connectivity index (χ1v) is 7.94. The zero-order valence-electron chi connectivity index (χ0n) is 13.5. The van der Waals surface area contributed by atoms with E-state index in [-0.39, 0.29) is 5.91 Å². The molecule has 5 nitrogen and oxygen atoms in total. The van der Waals surface area contributed by atoms with Crippen molar-refractivity contribution in [2.24, 2.45) is 5.92 Å². The van der Waals surface area contributed by atoms with Gasteiger partial charge >= 0.3 is 0 Å². The number of methoxy groups -OCH3 is 1. The Morgan fingerprint density at radius 1 is 1.22 bits per heavy atom. The van der Waals surface area contributed by atoms with Gasteiger partial charge in [-0.05, 0) is 43.0 Å². The predicted molar refractivity (Wildman–Crippen MR) is 88.3 cm³/mol. The molecule has 23 heavy (non-hydrogen) atoms. The van der Waals surface area contributed by atoms with Gasteiger partial charge in [0.2, 0.25) is 5.88 Å². The largest absolute Gasteiger partial charge is 0.481 e. The van der Waals surface area contributed by atoms with Crippen LogP contribution in [0.5, 0.6) is 5.88 Å². The fourth-order valence-electron chi connectivity index (χ4n) is 2.83. The third kappa shape index (κ3) is 3.33. The second-order valence-corrected chi connectivity index (χ2v) is 5.94. The molecule has 1 saturated heterocycles. The number of ether oxygens (including phenoxy) is 1. The van der Waals surface area contributed by atoms with Gasteiger partial charge in [0.25, 0.3) is 5.91 Å². The number of hydrogen-bond donors (Lipinski definition) is 0. The molecular formula is C18H21N3O2. The lowest BCUT2D eigenvalue weighted by atomic mass is 9.99. The first-order valence-electron chi connectivity index (χ1n) is 7.94. The average molecular weight is 311 g/mol.